The van der Waals surface area contributed by atoms with Crippen molar-refractivity contribution in [3.05, 3.63) is 132 Å². The molecule has 2 atom stereocenters. The SMILES string of the molecule is CC(C)c1c(C(=O)Nc2ccccc2)c(-c2ccccc2)c(-c2ccc(F)cc2)n1CCC(O)CC(O)CC(=O)Oc1cccc(CON(O)O)c1. The molecule has 2 unspecified atom stereocenters. The number of amides is 1. The lowest BCUT2D eigenvalue weighted by Crippen LogP contribution is -2.24. The second kappa shape index (κ2) is 17.8. The van der Waals surface area contributed by atoms with Gasteiger partial charge in [0.05, 0.1) is 41.9 Å². The maximum absolute atomic E-state index is 14.2. The van der Waals surface area contributed by atoms with Crippen LogP contribution in [0, 0.1) is 5.82 Å². The summed E-state index contributed by atoms with van der Waals surface area (Å²) in [5.74, 6) is -1.42. The predicted molar refractivity (Wildman–Crippen MR) is 192 cm³/mol. The molecule has 272 valence electrons. The van der Waals surface area contributed by atoms with Crippen molar-refractivity contribution < 1.29 is 44.2 Å². The highest BCUT2D eigenvalue weighted by atomic mass is 19.1. The number of benzene rings is 4. The number of esters is 1. The zero-order chi connectivity index (χ0) is 37.2. The molecule has 11 nitrogen and oxygen atoms in total. The van der Waals surface area contributed by atoms with Crippen LogP contribution in [-0.4, -0.2) is 54.7 Å². The topological polar surface area (TPSA) is 154 Å². The third-order valence-electron chi connectivity index (χ3n) is 8.40. The standard InChI is InChI=1S/C40H42FN3O8/c1-26(2)38-37(40(48)42-31-13-7-4-8-14-31)36(28-11-5-3-6-12-28)39(29-16-18-30(41)19-17-29)43(38)21-20-32(45)23-33(46)24-35(47)52-34-15-9-10-27(22-34)25-51-44(49)50/h3-19,22,26,32-33,45-46,49-50H,20-21,23-25H2,1-2H3,(H,42,48). The van der Waals surface area contributed by atoms with Crippen LogP contribution in [0.1, 0.15) is 60.6 Å². The number of anilines is 1. The summed E-state index contributed by atoms with van der Waals surface area (Å²) in [4.78, 5) is 31.4. The summed E-state index contributed by atoms with van der Waals surface area (Å²) in [6, 6.07) is 30.9. The fraction of sp³-hybridized carbons (Fsp3) is 0.250. The van der Waals surface area contributed by atoms with Crippen molar-refractivity contribution in [2.45, 2.75) is 64.4 Å². The van der Waals surface area contributed by atoms with Gasteiger partial charge in [0.1, 0.15) is 11.6 Å². The first-order chi connectivity index (χ1) is 25.0. The van der Waals surface area contributed by atoms with Gasteiger partial charge in [0.25, 0.3) is 5.91 Å². The average molecular weight is 712 g/mol. The lowest BCUT2D eigenvalue weighted by molar-refractivity contribution is -0.497. The van der Waals surface area contributed by atoms with Crippen LogP contribution in [-0.2, 0) is 22.8 Å². The number of carbonyl (C=O) groups excluding carboxylic acids is 2. The third-order valence-corrected chi connectivity index (χ3v) is 8.40. The smallest absolute Gasteiger partial charge is 0.313 e. The van der Waals surface area contributed by atoms with Crippen molar-refractivity contribution in [1.82, 2.24) is 9.96 Å². The van der Waals surface area contributed by atoms with Gasteiger partial charge in [-0.05, 0) is 84.0 Å². The minimum Gasteiger partial charge on any atom is -0.426 e. The number of hydrogen-bond acceptors (Lipinski definition) is 9. The van der Waals surface area contributed by atoms with E-state index in [9.17, 15) is 24.2 Å². The van der Waals surface area contributed by atoms with Crippen LogP contribution in [0.5, 0.6) is 5.75 Å². The molecule has 0 aliphatic heterocycles. The highest BCUT2D eigenvalue weighted by Gasteiger charge is 2.31. The van der Waals surface area contributed by atoms with Crippen molar-refractivity contribution in [2.75, 3.05) is 5.32 Å². The van der Waals surface area contributed by atoms with E-state index in [1.54, 1.807) is 36.4 Å². The number of nitrogens with zero attached hydrogens (tertiary/aromatic N) is 2. The minimum atomic E-state index is -1.22. The number of para-hydroxylation sites is 1. The van der Waals surface area contributed by atoms with Crippen molar-refractivity contribution in [2.24, 2.45) is 0 Å². The van der Waals surface area contributed by atoms with Crippen molar-refractivity contribution in [1.29, 1.82) is 0 Å². The fourth-order valence-electron chi connectivity index (χ4n) is 6.20. The molecule has 0 aliphatic carbocycles. The Hall–Kier alpha value is -5.21. The fourth-order valence-corrected chi connectivity index (χ4v) is 6.20. The summed E-state index contributed by atoms with van der Waals surface area (Å²) in [5, 5.41) is 42.0. The molecule has 0 fully saturated rings. The highest BCUT2D eigenvalue weighted by molar-refractivity contribution is 6.12. The molecule has 0 bridgehead atoms. The van der Waals surface area contributed by atoms with Gasteiger partial charge in [-0.1, -0.05) is 74.5 Å². The van der Waals surface area contributed by atoms with Gasteiger partial charge >= 0.3 is 5.97 Å². The molecule has 52 heavy (non-hydrogen) atoms. The van der Waals surface area contributed by atoms with Crippen LogP contribution in [0.3, 0.4) is 0 Å². The summed E-state index contributed by atoms with van der Waals surface area (Å²) in [6.45, 7) is 4.01. The van der Waals surface area contributed by atoms with E-state index in [4.69, 9.17) is 15.2 Å². The minimum absolute atomic E-state index is 0.122. The number of aliphatic hydroxyl groups excluding tert-OH is 2. The lowest BCUT2D eigenvalue weighted by Gasteiger charge is -2.20. The van der Waals surface area contributed by atoms with Crippen LogP contribution in [0.2, 0.25) is 0 Å². The molecule has 0 aliphatic rings. The number of halogens is 1. The van der Waals surface area contributed by atoms with E-state index in [2.05, 4.69) is 10.2 Å². The zero-order valence-electron chi connectivity index (χ0n) is 28.9. The molecule has 5 aromatic rings. The molecule has 5 N–H and O–H groups in total. The molecule has 1 aromatic heterocycles. The van der Waals surface area contributed by atoms with Gasteiger partial charge in [-0.3, -0.25) is 20.0 Å². The maximum atomic E-state index is 14.2. The van der Waals surface area contributed by atoms with Gasteiger partial charge in [0.15, 0.2) is 0 Å². The Morgan fingerprint density at radius 1 is 0.846 bits per heavy atom. The Kier molecular flexibility index (Phi) is 13.0. The molecule has 4 aromatic carbocycles. The van der Waals surface area contributed by atoms with E-state index in [0.29, 0.717) is 33.6 Å². The zero-order valence-corrected chi connectivity index (χ0v) is 28.9. The molecule has 0 spiro atoms. The van der Waals surface area contributed by atoms with Crippen LogP contribution < -0.4 is 10.1 Å². The Labute approximate surface area is 301 Å². The van der Waals surface area contributed by atoms with E-state index in [1.807, 2.05) is 66.9 Å². The molecule has 12 heteroatoms. The normalized spacial score (nSPS) is 12.6. The van der Waals surface area contributed by atoms with Gasteiger partial charge in [-0.2, -0.15) is 0 Å². The number of hydrogen-bond donors (Lipinski definition) is 5. The quantitative estimate of drug-likeness (QED) is 0.0402. The number of nitrogens with one attached hydrogen (secondary N) is 1. The van der Waals surface area contributed by atoms with Crippen LogP contribution in [0.15, 0.2) is 109 Å². The summed E-state index contributed by atoms with van der Waals surface area (Å²) in [6.07, 6.45) is -2.60. The predicted octanol–water partition coefficient (Wildman–Crippen LogP) is 7.35. The van der Waals surface area contributed by atoms with E-state index in [1.165, 1.54) is 24.3 Å². The number of aliphatic hydroxyl groups is 2. The second-order valence-corrected chi connectivity index (χ2v) is 12.7. The van der Waals surface area contributed by atoms with Gasteiger partial charge in [0, 0.05) is 23.5 Å². The Morgan fingerprint density at radius 3 is 2.17 bits per heavy atom. The van der Waals surface area contributed by atoms with Crippen LogP contribution >= 0.6 is 0 Å². The second-order valence-electron chi connectivity index (χ2n) is 12.7. The van der Waals surface area contributed by atoms with Crippen molar-refractivity contribution >= 4 is 17.6 Å². The van der Waals surface area contributed by atoms with E-state index >= 15 is 0 Å². The summed E-state index contributed by atoms with van der Waals surface area (Å²) in [5.41, 5.74) is 5.13. The largest absolute Gasteiger partial charge is 0.426 e. The van der Waals surface area contributed by atoms with Crippen molar-refractivity contribution in [3.63, 3.8) is 0 Å². The Bertz CT molecular complexity index is 1930. The van der Waals surface area contributed by atoms with Crippen LogP contribution in [0.4, 0.5) is 10.1 Å². The van der Waals surface area contributed by atoms with Gasteiger partial charge in [-0.15, -0.1) is 0 Å². The Morgan fingerprint density at radius 2 is 1.52 bits per heavy atom. The molecule has 0 saturated heterocycles. The molecule has 5 rings (SSSR count). The lowest BCUT2D eigenvalue weighted by atomic mass is 9.94. The highest BCUT2D eigenvalue weighted by Crippen LogP contribution is 2.42. The molecular formula is C40H42FN3O8. The van der Waals surface area contributed by atoms with Gasteiger partial charge < -0.3 is 24.8 Å². The molecule has 0 saturated carbocycles. The first-order valence-corrected chi connectivity index (χ1v) is 16.9. The summed E-state index contributed by atoms with van der Waals surface area (Å²) < 4.78 is 21.5. The van der Waals surface area contributed by atoms with Gasteiger partial charge in [-0.25, -0.2) is 9.23 Å². The number of carbonyl (C=O) groups is 2. The molecular weight excluding hydrogens is 669 g/mol. The number of rotatable bonds is 16. The first-order valence-electron chi connectivity index (χ1n) is 16.9. The Balaban J connectivity index is 1.40. The van der Waals surface area contributed by atoms with Crippen LogP contribution in [0.25, 0.3) is 22.4 Å². The number of ether oxygens (including phenoxy) is 1. The molecule has 0 radical (unpaired) electrons. The van der Waals surface area contributed by atoms with E-state index in [-0.39, 0.29) is 50.0 Å². The molecule has 1 heterocycles. The third kappa shape index (κ3) is 9.98. The first kappa shape index (κ1) is 38.0. The summed E-state index contributed by atoms with van der Waals surface area (Å²) in [7, 11) is 0. The van der Waals surface area contributed by atoms with Crippen molar-refractivity contribution in [3.8, 4) is 28.1 Å². The van der Waals surface area contributed by atoms with E-state index < -0.39 is 29.4 Å². The van der Waals surface area contributed by atoms with E-state index in [0.717, 1.165) is 11.3 Å². The monoisotopic (exact) mass is 711 g/mol. The summed E-state index contributed by atoms with van der Waals surface area (Å²) >= 11 is 0. The number of aromatic nitrogens is 1. The molecule has 1 amide bonds. The average Bonchev–Trinajstić information content (AvgIpc) is 3.46. The maximum Gasteiger partial charge on any atom is 0.313 e. The van der Waals surface area contributed by atoms with Gasteiger partial charge in [0.2, 0.25) is 0 Å².